The van der Waals surface area contributed by atoms with Gasteiger partial charge in [0.1, 0.15) is 0 Å². The van der Waals surface area contributed by atoms with Crippen LogP contribution in [0.5, 0.6) is 0 Å². The normalized spacial score (nSPS) is 20.6. The zero-order valence-electron chi connectivity index (χ0n) is 10.2. The number of pyridine rings is 1. The van der Waals surface area contributed by atoms with Crippen molar-refractivity contribution in [2.24, 2.45) is 0 Å². The molecule has 0 saturated carbocycles. The predicted octanol–water partition coefficient (Wildman–Crippen LogP) is 2.34. The van der Waals surface area contributed by atoms with Gasteiger partial charge in [-0.2, -0.15) is 4.98 Å². The molecular weight excluding hydrogens is 228 g/mol. The summed E-state index contributed by atoms with van der Waals surface area (Å²) in [5, 5.41) is 7.54. The predicted molar refractivity (Wildman–Crippen MR) is 66.7 cm³/mol. The standard InChI is InChI=1S/C13H16N4O/c1-2-6-11(15-8-3-1)12-16-13(18-17-12)10-5-4-7-14-9-10/h4-5,7,9,11,15H,1-3,6,8H2. The minimum absolute atomic E-state index is 0.224. The minimum Gasteiger partial charge on any atom is -0.334 e. The Hall–Kier alpha value is -1.75. The van der Waals surface area contributed by atoms with Crippen LogP contribution in [-0.2, 0) is 0 Å². The van der Waals surface area contributed by atoms with Gasteiger partial charge in [-0.1, -0.05) is 18.0 Å². The molecule has 2 aromatic heterocycles. The van der Waals surface area contributed by atoms with Gasteiger partial charge in [0.2, 0.25) is 0 Å². The van der Waals surface area contributed by atoms with Crippen LogP contribution in [-0.4, -0.2) is 21.7 Å². The summed E-state index contributed by atoms with van der Waals surface area (Å²) in [5.41, 5.74) is 0.866. The molecule has 0 spiro atoms. The van der Waals surface area contributed by atoms with Gasteiger partial charge in [-0.25, -0.2) is 0 Å². The molecule has 0 amide bonds. The summed E-state index contributed by atoms with van der Waals surface area (Å²) in [5.74, 6) is 1.31. The Morgan fingerprint density at radius 1 is 1.28 bits per heavy atom. The molecule has 1 unspecified atom stereocenters. The second-order valence-electron chi connectivity index (χ2n) is 4.56. The summed E-state index contributed by atoms with van der Waals surface area (Å²) in [6.07, 6.45) is 8.26. The van der Waals surface area contributed by atoms with Crippen LogP contribution in [0.2, 0.25) is 0 Å². The monoisotopic (exact) mass is 244 g/mol. The lowest BCUT2D eigenvalue weighted by Gasteiger charge is -2.09. The quantitative estimate of drug-likeness (QED) is 0.878. The third-order valence-corrected chi connectivity index (χ3v) is 3.22. The van der Waals surface area contributed by atoms with Crippen molar-refractivity contribution in [3.05, 3.63) is 30.4 Å². The first-order valence-electron chi connectivity index (χ1n) is 6.41. The van der Waals surface area contributed by atoms with Crippen molar-refractivity contribution >= 4 is 0 Å². The van der Waals surface area contributed by atoms with Crippen LogP contribution in [0.15, 0.2) is 29.0 Å². The van der Waals surface area contributed by atoms with E-state index in [-0.39, 0.29) is 6.04 Å². The van der Waals surface area contributed by atoms with E-state index in [0.29, 0.717) is 5.89 Å². The maximum Gasteiger partial charge on any atom is 0.259 e. The smallest absolute Gasteiger partial charge is 0.259 e. The summed E-state index contributed by atoms with van der Waals surface area (Å²) in [7, 11) is 0. The van der Waals surface area contributed by atoms with Crippen molar-refractivity contribution in [2.45, 2.75) is 31.7 Å². The molecule has 1 fully saturated rings. The second-order valence-corrected chi connectivity index (χ2v) is 4.56. The fourth-order valence-electron chi connectivity index (χ4n) is 2.23. The SMILES string of the molecule is c1cncc(-c2nc(C3CCCCCN3)no2)c1. The van der Waals surface area contributed by atoms with Gasteiger partial charge in [-0.15, -0.1) is 0 Å². The van der Waals surface area contributed by atoms with E-state index in [1.54, 1.807) is 12.4 Å². The highest BCUT2D eigenvalue weighted by Crippen LogP contribution is 2.23. The molecular formula is C13H16N4O. The molecule has 5 heteroatoms. The summed E-state index contributed by atoms with van der Waals surface area (Å²) in [6.45, 7) is 1.03. The lowest BCUT2D eigenvalue weighted by molar-refractivity contribution is 0.402. The van der Waals surface area contributed by atoms with E-state index < -0.39 is 0 Å². The molecule has 1 saturated heterocycles. The maximum absolute atomic E-state index is 5.30. The zero-order valence-corrected chi connectivity index (χ0v) is 10.2. The number of nitrogens with one attached hydrogen (secondary N) is 1. The van der Waals surface area contributed by atoms with Crippen molar-refractivity contribution in [1.29, 1.82) is 0 Å². The summed E-state index contributed by atoms with van der Waals surface area (Å²) in [4.78, 5) is 8.52. The molecule has 2 aromatic rings. The highest BCUT2D eigenvalue weighted by atomic mass is 16.5. The maximum atomic E-state index is 5.30. The number of nitrogens with zero attached hydrogens (tertiary/aromatic N) is 3. The molecule has 1 aliphatic heterocycles. The van der Waals surface area contributed by atoms with Gasteiger partial charge in [0, 0.05) is 12.4 Å². The Labute approximate surface area is 106 Å². The topological polar surface area (TPSA) is 63.8 Å². The Bertz CT molecular complexity index is 489. The van der Waals surface area contributed by atoms with Crippen LogP contribution in [0.25, 0.3) is 11.5 Å². The van der Waals surface area contributed by atoms with Crippen LogP contribution in [0.4, 0.5) is 0 Å². The molecule has 3 heterocycles. The molecule has 0 radical (unpaired) electrons. The van der Waals surface area contributed by atoms with Crippen LogP contribution >= 0.6 is 0 Å². The van der Waals surface area contributed by atoms with Gasteiger partial charge in [-0.3, -0.25) is 4.98 Å². The fraction of sp³-hybridized carbons (Fsp3) is 0.462. The molecule has 3 rings (SSSR count). The first kappa shape index (κ1) is 11.3. The van der Waals surface area contributed by atoms with E-state index >= 15 is 0 Å². The summed E-state index contributed by atoms with van der Waals surface area (Å²) in [6, 6.07) is 4.01. The highest BCUT2D eigenvalue weighted by Gasteiger charge is 2.19. The van der Waals surface area contributed by atoms with Crippen molar-refractivity contribution in [3.63, 3.8) is 0 Å². The average Bonchev–Trinajstić information content (AvgIpc) is 2.76. The minimum atomic E-state index is 0.224. The Kier molecular flexibility index (Phi) is 3.32. The van der Waals surface area contributed by atoms with Gasteiger partial charge in [0.15, 0.2) is 5.82 Å². The highest BCUT2D eigenvalue weighted by molar-refractivity contribution is 5.50. The molecule has 1 atom stereocenters. The van der Waals surface area contributed by atoms with E-state index in [1.807, 2.05) is 12.1 Å². The van der Waals surface area contributed by atoms with Crippen LogP contribution in [0.3, 0.4) is 0 Å². The largest absolute Gasteiger partial charge is 0.334 e. The van der Waals surface area contributed by atoms with Crippen LogP contribution < -0.4 is 5.32 Å². The van der Waals surface area contributed by atoms with Gasteiger partial charge in [0.05, 0.1) is 11.6 Å². The number of hydrogen-bond acceptors (Lipinski definition) is 5. The molecule has 94 valence electrons. The molecule has 1 N–H and O–H groups in total. The zero-order chi connectivity index (χ0) is 12.2. The average molecular weight is 244 g/mol. The van der Waals surface area contributed by atoms with E-state index in [1.165, 1.54) is 19.3 Å². The van der Waals surface area contributed by atoms with Crippen molar-refractivity contribution < 1.29 is 4.52 Å². The lowest BCUT2D eigenvalue weighted by Crippen LogP contribution is -2.21. The van der Waals surface area contributed by atoms with Crippen LogP contribution in [0, 0.1) is 0 Å². The van der Waals surface area contributed by atoms with E-state index in [9.17, 15) is 0 Å². The summed E-state index contributed by atoms with van der Waals surface area (Å²) < 4.78 is 5.30. The summed E-state index contributed by atoms with van der Waals surface area (Å²) >= 11 is 0. The van der Waals surface area contributed by atoms with E-state index in [2.05, 4.69) is 20.4 Å². The van der Waals surface area contributed by atoms with Crippen molar-refractivity contribution in [2.75, 3.05) is 6.54 Å². The Balaban J connectivity index is 1.80. The number of rotatable bonds is 2. The molecule has 0 bridgehead atoms. The third kappa shape index (κ3) is 2.41. The van der Waals surface area contributed by atoms with Crippen molar-refractivity contribution in [3.8, 4) is 11.5 Å². The van der Waals surface area contributed by atoms with Crippen molar-refractivity contribution in [1.82, 2.24) is 20.4 Å². The Morgan fingerprint density at radius 2 is 2.28 bits per heavy atom. The first-order chi connectivity index (χ1) is 8.93. The van der Waals surface area contributed by atoms with Gasteiger partial charge < -0.3 is 9.84 Å². The lowest BCUT2D eigenvalue weighted by atomic mass is 10.1. The second kappa shape index (κ2) is 5.27. The molecule has 0 aromatic carbocycles. The Morgan fingerprint density at radius 3 is 3.17 bits per heavy atom. The van der Waals surface area contributed by atoms with Gasteiger partial charge in [-0.05, 0) is 31.5 Å². The fourth-order valence-corrected chi connectivity index (χ4v) is 2.23. The van der Waals surface area contributed by atoms with E-state index in [4.69, 9.17) is 4.52 Å². The van der Waals surface area contributed by atoms with Gasteiger partial charge in [0.25, 0.3) is 5.89 Å². The molecule has 18 heavy (non-hydrogen) atoms. The molecule has 0 aliphatic carbocycles. The molecule has 5 nitrogen and oxygen atoms in total. The number of hydrogen-bond donors (Lipinski definition) is 1. The van der Waals surface area contributed by atoms with Crippen LogP contribution in [0.1, 0.15) is 37.5 Å². The van der Waals surface area contributed by atoms with Gasteiger partial charge >= 0.3 is 0 Å². The first-order valence-corrected chi connectivity index (χ1v) is 6.41. The molecule has 1 aliphatic rings. The third-order valence-electron chi connectivity index (χ3n) is 3.22. The van der Waals surface area contributed by atoms with E-state index in [0.717, 1.165) is 24.4 Å². The number of aromatic nitrogens is 3.